The highest BCUT2D eigenvalue weighted by Gasteiger charge is 2.81. The molecule has 0 radical (unpaired) electrons. The fraction of sp³-hybridized carbons (Fsp3) is 0.316. The molecule has 0 N–H and O–H groups in total. The predicted molar refractivity (Wildman–Crippen MR) is 87.4 cm³/mol. The van der Waals surface area contributed by atoms with Crippen LogP contribution in [0.4, 0.5) is 39.5 Å². The summed E-state index contributed by atoms with van der Waals surface area (Å²) in [6, 6.07) is 7.49. The van der Waals surface area contributed by atoms with Gasteiger partial charge in [0.2, 0.25) is 0 Å². The van der Waals surface area contributed by atoms with Gasteiger partial charge in [0.15, 0.2) is 5.78 Å². The minimum absolute atomic E-state index is 0.135. The molecule has 0 fully saturated rings. The van der Waals surface area contributed by atoms with E-state index in [1.807, 2.05) is 0 Å². The number of alkyl halides is 9. The van der Waals surface area contributed by atoms with E-state index in [1.54, 1.807) is 6.92 Å². The summed E-state index contributed by atoms with van der Waals surface area (Å²) < 4.78 is 122. The Kier molecular flexibility index (Phi) is 6.16. The van der Waals surface area contributed by atoms with Crippen molar-refractivity contribution in [3.8, 4) is 11.5 Å². The Hall–Kier alpha value is -2.72. The lowest BCUT2D eigenvalue weighted by molar-refractivity contribution is -0.399. The van der Waals surface area contributed by atoms with Gasteiger partial charge < -0.3 is 4.74 Å². The van der Waals surface area contributed by atoms with Crippen molar-refractivity contribution in [2.75, 3.05) is 0 Å². The third-order valence-corrected chi connectivity index (χ3v) is 4.09. The minimum atomic E-state index is -6.96. The zero-order valence-electron chi connectivity index (χ0n) is 15.0. The number of halogens is 9. The fourth-order valence-corrected chi connectivity index (χ4v) is 2.34. The van der Waals surface area contributed by atoms with Gasteiger partial charge in [-0.2, -0.15) is 39.5 Å². The molecule has 0 aliphatic rings. The molecule has 164 valence electrons. The Morgan fingerprint density at radius 1 is 0.733 bits per heavy atom. The van der Waals surface area contributed by atoms with Crippen LogP contribution in [0.25, 0.3) is 0 Å². The Morgan fingerprint density at radius 2 is 1.17 bits per heavy atom. The first-order chi connectivity index (χ1) is 13.6. The van der Waals surface area contributed by atoms with Crippen LogP contribution in [0, 0.1) is 0 Å². The highest BCUT2D eigenvalue weighted by Crippen LogP contribution is 2.56. The number of benzene rings is 2. The van der Waals surface area contributed by atoms with Crippen molar-refractivity contribution in [2.45, 2.75) is 37.3 Å². The van der Waals surface area contributed by atoms with Gasteiger partial charge in [0.05, 0.1) is 0 Å². The third kappa shape index (κ3) is 4.10. The van der Waals surface area contributed by atoms with Crippen molar-refractivity contribution in [2.24, 2.45) is 0 Å². The summed E-state index contributed by atoms with van der Waals surface area (Å²) >= 11 is 0. The lowest BCUT2D eigenvalue weighted by atomic mass is 9.97. The molecule has 2 rings (SSSR count). The van der Waals surface area contributed by atoms with Gasteiger partial charge in [-0.3, -0.25) is 4.79 Å². The molecule has 0 aromatic heterocycles. The first kappa shape index (κ1) is 23.6. The molecule has 0 heterocycles. The molecule has 11 heteroatoms. The summed E-state index contributed by atoms with van der Waals surface area (Å²) in [6.45, 7) is 1.65. The predicted octanol–water partition coefficient (Wildman–Crippen LogP) is 7.00. The molecule has 0 amide bonds. The molecule has 0 bridgehead atoms. The van der Waals surface area contributed by atoms with E-state index in [0.29, 0.717) is 17.7 Å². The SMILES string of the molecule is CCC(=O)c1ccc(Oc2ccc(C(F)(F)C(F)(F)C(F)(F)C(F)(F)F)cc2)cc1. The van der Waals surface area contributed by atoms with E-state index < -0.39 is 29.5 Å². The smallest absolute Gasteiger partial charge is 0.457 e. The summed E-state index contributed by atoms with van der Waals surface area (Å²) in [7, 11) is 0. The Balaban J connectivity index is 2.25. The van der Waals surface area contributed by atoms with Gasteiger partial charge in [0.1, 0.15) is 11.5 Å². The molecular weight excluding hydrogens is 431 g/mol. The average molecular weight is 444 g/mol. The monoisotopic (exact) mass is 444 g/mol. The largest absolute Gasteiger partial charge is 0.460 e. The number of hydrogen-bond acceptors (Lipinski definition) is 2. The summed E-state index contributed by atoms with van der Waals surface area (Å²) in [6.07, 6.45) is -6.62. The first-order valence-electron chi connectivity index (χ1n) is 8.27. The van der Waals surface area contributed by atoms with Gasteiger partial charge >= 0.3 is 23.9 Å². The van der Waals surface area contributed by atoms with Crippen molar-refractivity contribution < 1.29 is 49.0 Å². The molecule has 30 heavy (non-hydrogen) atoms. The van der Waals surface area contributed by atoms with E-state index in [1.165, 1.54) is 24.3 Å². The van der Waals surface area contributed by atoms with Gasteiger partial charge in [-0.25, -0.2) is 0 Å². The van der Waals surface area contributed by atoms with E-state index >= 15 is 0 Å². The van der Waals surface area contributed by atoms with Gasteiger partial charge in [-0.05, 0) is 48.5 Å². The van der Waals surface area contributed by atoms with Crippen LogP contribution in [0.3, 0.4) is 0 Å². The van der Waals surface area contributed by atoms with Crippen LogP contribution in [-0.4, -0.2) is 23.8 Å². The molecule has 0 atom stereocenters. The molecule has 0 spiro atoms. The molecule has 2 nitrogen and oxygen atoms in total. The molecule has 0 aliphatic carbocycles. The normalized spacial score (nSPS) is 13.3. The first-order valence-corrected chi connectivity index (χ1v) is 8.27. The molecule has 0 saturated carbocycles. The number of carbonyl (C=O) groups is 1. The van der Waals surface area contributed by atoms with Crippen LogP contribution in [0.1, 0.15) is 29.3 Å². The second-order valence-electron chi connectivity index (χ2n) is 6.15. The maximum Gasteiger partial charge on any atom is 0.460 e. The maximum atomic E-state index is 13.9. The van der Waals surface area contributed by atoms with Crippen molar-refractivity contribution in [1.82, 2.24) is 0 Å². The minimum Gasteiger partial charge on any atom is -0.457 e. The Labute approximate surface area is 164 Å². The molecule has 0 aliphatic heterocycles. The van der Waals surface area contributed by atoms with Gasteiger partial charge in [-0.15, -0.1) is 0 Å². The molecular formula is C19H13F9O2. The van der Waals surface area contributed by atoms with Crippen LogP contribution in [0.5, 0.6) is 11.5 Å². The quantitative estimate of drug-likeness (QED) is 0.340. The summed E-state index contributed by atoms with van der Waals surface area (Å²) in [4.78, 5) is 11.5. The molecule has 2 aromatic rings. The zero-order valence-corrected chi connectivity index (χ0v) is 15.0. The standard InChI is InChI=1S/C19H13F9O2/c1-2-15(29)11-3-7-13(8-4-11)30-14-9-5-12(6-10-14)16(20,21)17(22,23)18(24,25)19(26,27)28/h3-10H,2H2,1H3. The van der Waals surface area contributed by atoms with Crippen molar-refractivity contribution >= 4 is 5.78 Å². The van der Waals surface area contributed by atoms with Gasteiger partial charge in [0, 0.05) is 17.5 Å². The second kappa shape index (κ2) is 7.84. The summed E-state index contributed by atoms with van der Waals surface area (Å²) in [5, 5.41) is 0. The topological polar surface area (TPSA) is 26.3 Å². The lowest BCUT2D eigenvalue weighted by Crippen LogP contribution is -2.59. The van der Waals surface area contributed by atoms with E-state index in [9.17, 15) is 44.3 Å². The van der Waals surface area contributed by atoms with Crippen molar-refractivity contribution in [3.05, 3.63) is 59.7 Å². The highest BCUT2D eigenvalue weighted by atomic mass is 19.4. The Morgan fingerprint density at radius 3 is 1.57 bits per heavy atom. The lowest BCUT2D eigenvalue weighted by Gasteiger charge is -2.33. The number of ketones is 1. The van der Waals surface area contributed by atoms with Crippen LogP contribution in [0.2, 0.25) is 0 Å². The number of Topliss-reactive ketones (excluding diaryl/α,β-unsaturated/α-hetero) is 1. The Bertz CT molecular complexity index is 886. The number of hydrogen-bond donors (Lipinski definition) is 0. The van der Waals surface area contributed by atoms with Gasteiger partial charge in [-0.1, -0.05) is 6.92 Å². The molecule has 2 aromatic carbocycles. The second-order valence-corrected chi connectivity index (χ2v) is 6.15. The van der Waals surface area contributed by atoms with Crippen LogP contribution in [-0.2, 0) is 5.92 Å². The highest BCUT2D eigenvalue weighted by molar-refractivity contribution is 5.95. The van der Waals surface area contributed by atoms with E-state index in [0.717, 1.165) is 0 Å². The van der Waals surface area contributed by atoms with Crippen LogP contribution < -0.4 is 4.74 Å². The number of ether oxygens (including phenoxy) is 1. The van der Waals surface area contributed by atoms with E-state index in [-0.39, 0.29) is 35.8 Å². The molecule has 0 saturated heterocycles. The number of carbonyl (C=O) groups excluding carboxylic acids is 1. The van der Waals surface area contributed by atoms with E-state index in [2.05, 4.69) is 0 Å². The summed E-state index contributed by atoms with van der Waals surface area (Å²) in [5.74, 6) is -19.7. The van der Waals surface area contributed by atoms with Crippen LogP contribution in [0.15, 0.2) is 48.5 Å². The van der Waals surface area contributed by atoms with Crippen LogP contribution >= 0.6 is 0 Å². The van der Waals surface area contributed by atoms with E-state index in [4.69, 9.17) is 4.74 Å². The van der Waals surface area contributed by atoms with Crippen molar-refractivity contribution in [1.29, 1.82) is 0 Å². The number of rotatable bonds is 7. The maximum absolute atomic E-state index is 13.9. The average Bonchev–Trinajstić information content (AvgIpc) is 2.67. The van der Waals surface area contributed by atoms with Crippen molar-refractivity contribution in [3.63, 3.8) is 0 Å². The van der Waals surface area contributed by atoms with Gasteiger partial charge in [0.25, 0.3) is 0 Å². The molecule has 0 unspecified atom stereocenters. The third-order valence-electron chi connectivity index (χ3n) is 4.09. The zero-order chi connectivity index (χ0) is 23.0. The summed E-state index contributed by atoms with van der Waals surface area (Å²) in [5.41, 5.74) is -1.37. The fourth-order valence-electron chi connectivity index (χ4n) is 2.34.